The fourth-order valence-corrected chi connectivity index (χ4v) is 1.84. The highest BCUT2D eigenvalue weighted by Crippen LogP contribution is 2.24. The van der Waals surface area contributed by atoms with Gasteiger partial charge in [0.25, 0.3) is 5.91 Å². The van der Waals surface area contributed by atoms with Gasteiger partial charge in [0, 0.05) is 16.6 Å². The Bertz CT molecular complexity index is 502. The van der Waals surface area contributed by atoms with Crippen molar-refractivity contribution < 1.29 is 19.4 Å². The van der Waals surface area contributed by atoms with E-state index in [4.69, 9.17) is 21.4 Å². The van der Waals surface area contributed by atoms with Gasteiger partial charge in [0.2, 0.25) is 0 Å². The highest BCUT2D eigenvalue weighted by atomic mass is 35.5. The first-order valence-electron chi connectivity index (χ1n) is 6.22. The van der Waals surface area contributed by atoms with Crippen molar-refractivity contribution in [2.45, 2.75) is 26.8 Å². The van der Waals surface area contributed by atoms with Crippen molar-refractivity contribution in [1.82, 2.24) is 4.90 Å². The third-order valence-electron chi connectivity index (χ3n) is 2.82. The molecule has 0 spiro atoms. The quantitative estimate of drug-likeness (QED) is 0.875. The van der Waals surface area contributed by atoms with E-state index in [0.717, 1.165) is 5.56 Å². The zero-order valence-electron chi connectivity index (χ0n) is 11.7. The largest absolute Gasteiger partial charge is 0.483 e. The molecule has 0 aliphatic heterocycles. The lowest BCUT2D eigenvalue weighted by Gasteiger charge is -2.25. The van der Waals surface area contributed by atoms with Crippen LogP contribution in [-0.4, -0.2) is 41.1 Å². The van der Waals surface area contributed by atoms with E-state index < -0.39 is 5.97 Å². The first-order valence-corrected chi connectivity index (χ1v) is 6.60. The Balaban J connectivity index is 2.70. The number of carboxylic acids is 1. The van der Waals surface area contributed by atoms with Crippen LogP contribution in [0, 0.1) is 6.92 Å². The molecule has 6 heteroatoms. The van der Waals surface area contributed by atoms with Gasteiger partial charge in [-0.2, -0.15) is 0 Å². The lowest BCUT2D eigenvalue weighted by Crippen LogP contribution is -2.43. The van der Waals surface area contributed by atoms with E-state index in [9.17, 15) is 9.59 Å². The number of carbonyl (C=O) groups excluding carboxylic acids is 1. The summed E-state index contributed by atoms with van der Waals surface area (Å²) >= 11 is 5.96. The third kappa shape index (κ3) is 4.42. The molecule has 0 aromatic heterocycles. The number of hydrogen-bond donors (Lipinski definition) is 1. The number of aliphatic carboxylic acids is 1. The van der Waals surface area contributed by atoms with Crippen LogP contribution in [0.15, 0.2) is 18.2 Å². The van der Waals surface area contributed by atoms with Crippen LogP contribution in [0.2, 0.25) is 5.02 Å². The van der Waals surface area contributed by atoms with Crippen molar-refractivity contribution in [3.8, 4) is 5.75 Å². The van der Waals surface area contributed by atoms with Crippen LogP contribution >= 0.6 is 11.6 Å². The smallest absolute Gasteiger partial charge is 0.323 e. The molecule has 0 unspecified atom stereocenters. The van der Waals surface area contributed by atoms with E-state index in [1.807, 2.05) is 0 Å². The summed E-state index contributed by atoms with van der Waals surface area (Å²) in [5.74, 6) is -0.905. The van der Waals surface area contributed by atoms with Gasteiger partial charge in [-0.25, -0.2) is 0 Å². The van der Waals surface area contributed by atoms with Gasteiger partial charge in [-0.1, -0.05) is 17.7 Å². The molecule has 0 aliphatic rings. The maximum atomic E-state index is 12.0. The van der Waals surface area contributed by atoms with Gasteiger partial charge in [0.15, 0.2) is 6.61 Å². The topological polar surface area (TPSA) is 66.8 Å². The lowest BCUT2D eigenvalue weighted by molar-refractivity contribution is -0.146. The summed E-state index contributed by atoms with van der Waals surface area (Å²) in [5, 5.41) is 9.35. The molecule has 0 saturated heterocycles. The van der Waals surface area contributed by atoms with Gasteiger partial charge in [-0.15, -0.1) is 0 Å². The highest BCUT2D eigenvalue weighted by molar-refractivity contribution is 6.31. The summed E-state index contributed by atoms with van der Waals surface area (Å²) in [6.07, 6.45) is 0. The van der Waals surface area contributed by atoms with E-state index in [1.165, 1.54) is 4.90 Å². The van der Waals surface area contributed by atoms with Crippen molar-refractivity contribution in [3.05, 3.63) is 28.8 Å². The van der Waals surface area contributed by atoms with E-state index in [0.29, 0.717) is 10.8 Å². The molecule has 0 bridgehead atoms. The molecule has 0 fully saturated rings. The normalized spacial score (nSPS) is 10.4. The summed E-state index contributed by atoms with van der Waals surface area (Å²) in [6, 6.07) is 4.97. The Kier molecular flexibility index (Phi) is 5.82. The van der Waals surface area contributed by atoms with Crippen LogP contribution in [0.1, 0.15) is 19.4 Å². The van der Waals surface area contributed by atoms with Crippen LogP contribution in [-0.2, 0) is 9.59 Å². The van der Waals surface area contributed by atoms with Crippen LogP contribution in [0.4, 0.5) is 0 Å². The van der Waals surface area contributed by atoms with E-state index in [2.05, 4.69) is 0 Å². The zero-order chi connectivity index (χ0) is 15.3. The Morgan fingerprint density at radius 2 is 2.05 bits per heavy atom. The molecule has 0 saturated carbocycles. The number of halogens is 1. The molecule has 5 nitrogen and oxygen atoms in total. The maximum absolute atomic E-state index is 12.0. The van der Waals surface area contributed by atoms with Crippen LogP contribution in [0.3, 0.4) is 0 Å². The molecular weight excluding hydrogens is 282 g/mol. The first kappa shape index (κ1) is 16.3. The highest BCUT2D eigenvalue weighted by Gasteiger charge is 2.20. The second-order valence-corrected chi connectivity index (χ2v) is 5.07. The minimum Gasteiger partial charge on any atom is -0.483 e. The molecule has 1 rings (SSSR count). The van der Waals surface area contributed by atoms with Gasteiger partial charge in [0.05, 0.1) is 0 Å². The first-order chi connectivity index (χ1) is 9.32. The average Bonchev–Trinajstić information content (AvgIpc) is 2.37. The number of ether oxygens (including phenoxy) is 1. The fraction of sp³-hybridized carbons (Fsp3) is 0.429. The van der Waals surface area contributed by atoms with Crippen molar-refractivity contribution >= 4 is 23.5 Å². The lowest BCUT2D eigenvalue weighted by atomic mass is 10.2. The van der Waals surface area contributed by atoms with Crippen molar-refractivity contribution in [1.29, 1.82) is 0 Å². The minimum absolute atomic E-state index is 0.206. The molecule has 20 heavy (non-hydrogen) atoms. The van der Waals surface area contributed by atoms with E-state index in [-0.39, 0.29) is 25.1 Å². The summed E-state index contributed by atoms with van der Waals surface area (Å²) in [7, 11) is 0. The third-order valence-corrected chi connectivity index (χ3v) is 3.23. The molecule has 110 valence electrons. The van der Waals surface area contributed by atoms with Crippen molar-refractivity contribution in [2.75, 3.05) is 13.2 Å². The van der Waals surface area contributed by atoms with Crippen LogP contribution in [0.25, 0.3) is 0 Å². The number of amides is 1. The Morgan fingerprint density at radius 1 is 1.40 bits per heavy atom. The minimum atomic E-state index is -1.05. The van der Waals surface area contributed by atoms with Gasteiger partial charge in [0.1, 0.15) is 12.3 Å². The Labute approximate surface area is 123 Å². The Hall–Kier alpha value is -1.75. The van der Waals surface area contributed by atoms with Gasteiger partial charge in [-0.3, -0.25) is 9.59 Å². The molecule has 1 amide bonds. The van der Waals surface area contributed by atoms with Gasteiger partial charge < -0.3 is 14.7 Å². The second-order valence-electron chi connectivity index (χ2n) is 4.66. The molecule has 1 N–H and O–H groups in total. The monoisotopic (exact) mass is 299 g/mol. The molecule has 0 atom stereocenters. The van der Waals surface area contributed by atoms with Crippen LogP contribution in [0.5, 0.6) is 5.75 Å². The second kappa shape index (κ2) is 7.14. The summed E-state index contributed by atoms with van der Waals surface area (Å²) < 4.78 is 5.42. The molecule has 0 heterocycles. The van der Waals surface area contributed by atoms with E-state index in [1.54, 1.807) is 39.0 Å². The zero-order valence-corrected chi connectivity index (χ0v) is 12.5. The summed E-state index contributed by atoms with van der Waals surface area (Å²) in [5.41, 5.74) is 0.747. The molecular formula is C14H18ClNO4. The van der Waals surface area contributed by atoms with Crippen molar-refractivity contribution in [2.24, 2.45) is 0 Å². The number of hydrogen-bond acceptors (Lipinski definition) is 3. The standard InChI is InChI=1S/C14H18ClNO4/c1-9(2)16(7-14(18)19)13(17)8-20-12-6-4-5-11(15)10(12)3/h4-6,9H,7-8H2,1-3H3,(H,18,19). The van der Waals surface area contributed by atoms with Gasteiger partial charge >= 0.3 is 5.97 Å². The summed E-state index contributed by atoms with van der Waals surface area (Å²) in [4.78, 5) is 24.0. The maximum Gasteiger partial charge on any atom is 0.323 e. The predicted octanol–water partition coefficient (Wildman–Crippen LogP) is 2.35. The number of nitrogens with zero attached hydrogens (tertiary/aromatic N) is 1. The SMILES string of the molecule is Cc1c(Cl)cccc1OCC(=O)N(CC(=O)O)C(C)C. The number of carboxylic acid groups (broad SMARTS) is 1. The molecule has 1 aromatic carbocycles. The molecule has 0 radical (unpaired) electrons. The predicted molar refractivity (Wildman–Crippen MR) is 76.2 cm³/mol. The van der Waals surface area contributed by atoms with E-state index >= 15 is 0 Å². The molecule has 0 aliphatic carbocycles. The fourth-order valence-electron chi connectivity index (χ4n) is 1.67. The van der Waals surface area contributed by atoms with Gasteiger partial charge in [-0.05, 0) is 32.9 Å². The number of benzene rings is 1. The van der Waals surface area contributed by atoms with Crippen molar-refractivity contribution in [3.63, 3.8) is 0 Å². The average molecular weight is 300 g/mol. The number of carbonyl (C=O) groups is 2. The van der Waals surface area contributed by atoms with Crippen LogP contribution < -0.4 is 4.74 Å². The molecule has 1 aromatic rings. The summed E-state index contributed by atoms with van der Waals surface area (Å²) in [6.45, 7) is 4.75. The number of rotatable bonds is 6. The Morgan fingerprint density at radius 3 is 2.60 bits per heavy atom.